The van der Waals surface area contributed by atoms with Gasteiger partial charge in [0.2, 0.25) is 0 Å². The van der Waals surface area contributed by atoms with E-state index < -0.39 is 0 Å². The molecular formula is C23H23N3O2S. The summed E-state index contributed by atoms with van der Waals surface area (Å²) in [5, 5.41) is 4.20. The number of amides is 1. The lowest BCUT2D eigenvalue weighted by atomic mass is 10.1. The predicted molar refractivity (Wildman–Crippen MR) is 116 cm³/mol. The van der Waals surface area contributed by atoms with E-state index in [1.165, 1.54) is 11.1 Å². The van der Waals surface area contributed by atoms with Crippen molar-refractivity contribution in [2.75, 3.05) is 29.4 Å². The lowest BCUT2D eigenvalue weighted by Gasteiger charge is -2.38. The van der Waals surface area contributed by atoms with E-state index in [9.17, 15) is 4.79 Å². The van der Waals surface area contributed by atoms with Crippen LogP contribution in [0.3, 0.4) is 0 Å². The van der Waals surface area contributed by atoms with Gasteiger partial charge < -0.3 is 14.5 Å². The van der Waals surface area contributed by atoms with Gasteiger partial charge in [0.15, 0.2) is 0 Å². The summed E-state index contributed by atoms with van der Waals surface area (Å²) in [6.45, 7) is 4.19. The Balaban J connectivity index is 1.46. The van der Waals surface area contributed by atoms with Gasteiger partial charge in [0.1, 0.15) is 11.9 Å². The zero-order valence-corrected chi connectivity index (χ0v) is 17.1. The van der Waals surface area contributed by atoms with E-state index in [-0.39, 0.29) is 18.1 Å². The Bertz CT molecular complexity index is 1020. The predicted octanol–water partition coefficient (Wildman–Crippen LogP) is 4.31. The Labute approximate surface area is 174 Å². The molecule has 2 aliphatic heterocycles. The second kappa shape index (κ2) is 7.61. The van der Waals surface area contributed by atoms with E-state index in [1.807, 2.05) is 35.2 Å². The normalized spacial score (nSPS) is 21.3. The minimum atomic E-state index is -0.0116. The summed E-state index contributed by atoms with van der Waals surface area (Å²) in [5.41, 5.74) is 4.08. The number of ether oxygens (including phenoxy) is 1. The van der Waals surface area contributed by atoms with Crippen molar-refractivity contribution in [3.05, 3.63) is 76.1 Å². The van der Waals surface area contributed by atoms with Gasteiger partial charge in [-0.3, -0.25) is 4.79 Å². The molecule has 6 heteroatoms. The Hall–Kier alpha value is -2.70. The second-order valence-corrected chi connectivity index (χ2v) is 8.39. The van der Waals surface area contributed by atoms with Crippen LogP contribution in [0, 0.1) is 0 Å². The SMILES string of the molecule is CC1CN(c2ncccc2C(=O)N2CCc3ccccc32)CC(c2ccsc2)O1. The van der Waals surface area contributed by atoms with Crippen LogP contribution in [0.2, 0.25) is 0 Å². The fourth-order valence-corrected chi connectivity index (χ4v) is 4.98. The van der Waals surface area contributed by atoms with Crippen LogP contribution in [-0.4, -0.2) is 36.6 Å². The number of anilines is 2. The number of carbonyl (C=O) groups excluding carboxylic acids is 1. The summed E-state index contributed by atoms with van der Waals surface area (Å²) in [7, 11) is 0. The molecule has 5 nitrogen and oxygen atoms in total. The molecule has 29 heavy (non-hydrogen) atoms. The molecule has 0 N–H and O–H groups in total. The first-order chi connectivity index (χ1) is 14.2. The van der Waals surface area contributed by atoms with Crippen molar-refractivity contribution < 1.29 is 9.53 Å². The smallest absolute Gasteiger partial charge is 0.262 e. The van der Waals surface area contributed by atoms with Crippen molar-refractivity contribution in [3.8, 4) is 0 Å². The highest BCUT2D eigenvalue weighted by atomic mass is 32.1. The number of rotatable bonds is 3. The topological polar surface area (TPSA) is 45.7 Å². The third-order valence-electron chi connectivity index (χ3n) is 5.62. The molecule has 1 aromatic carbocycles. The van der Waals surface area contributed by atoms with Crippen LogP contribution >= 0.6 is 11.3 Å². The molecule has 2 unspecified atom stereocenters. The average Bonchev–Trinajstić information content (AvgIpc) is 3.43. The van der Waals surface area contributed by atoms with Crippen LogP contribution in [0.4, 0.5) is 11.5 Å². The number of hydrogen-bond donors (Lipinski definition) is 0. The second-order valence-electron chi connectivity index (χ2n) is 7.61. The summed E-state index contributed by atoms with van der Waals surface area (Å²) in [6.07, 6.45) is 2.71. The van der Waals surface area contributed by atoms with Crippen LogP contribution in [0.25, 0.3) is 0 Å². The van der Waals surface area contributed by atoms with Crippen LogP contribution in [0.5, 0.6) is 0 Å². The lowest BCUT2D eigenvalue weighted by Crippen LogP contribution is -2.44. The van der Waals surface area contributed by atoms with Gasteiger partial charge in [-0.15, -0.1) is 0 Å². The molecule has 2 atom stereocenters. The first kappa shape index (κ1) is 18.3. The number of benzene rings is 1. The molecule has 0 radical (unpaired) electrons. The molecule has 0 spiro atoms. The van der Waals surface area contributed by atoms with E-state index in [0.717, 1.165) is 17.9 Å². The molecule has 148 valence electrons. The van der Waals surface area contributed by atoms with Crippen molar-refractivity contribution >= 4 is 28.7 Å². The number of hydrogen-bond acceptors (Lipinski definition) is 5. The van der Waals surface area contributed by atoms with Gasteiger partial charge in [0.05, 0.1) is 11.7 Å². The Kier molecular flexibility index (Phi) is 4.81. The van der Waals surface area contributed by atoms with Crippen molar-refractivity contribution in [1.82, 2.24) is 4.98 Å². The van der Waals surface area contributed by atoms with Gasteiger partial charge in [-0.1, -0.05) is 18.2 Å². The molecule has 5 rings (SSSR count). The van der Waals surface area contributed by atoms with Gasteiger partial charge in [0.25, 0.3) is 5.91 Å². The van der Waals surface area contributed by atoms with Gasteiger partial charge in [0, 0.05) is 31.5 Å². The monoisotopic (exact) mass is 405 g/mol. The van der Waals surface area contributed by atoms with Gasteiger partial charge >= 0.3 is 0 Å². The minimum Gasteiger partial charge on any atom is -0.367 e. The van der Waals surface area contributed by atoms with Crippen molar-refractivity contribution in [3.63, 3.8) is 0 Å². The van der Waals surface area contributed by atoms with Gasteiger partial charge in [-0.05, 0) is 59.5 Å². The Morgan fingerprint density at radius 3 is 2.93 bits per heavy atom. The minimum absolute atomic E-state index is 0.0116. The van der Waals surface area contributed by atoms with Crippen LogP contribution in [0.15, 0.2) is 59.4 Å². The molecule has 0 aliphatic carbocycles. The van der Waals surface area contributed by atoms with E-state index in [1.54, 1.807) is 17.5 Å². The zero-order valence-electron chi connectivity index (χ0n) is 16.3. The molecule has 1 saturated heterocycles. The molecule has 1 amide bonds. The van der Waals surface area contributed by atoms with Crippen LogP contribution in [0.1, 0.15) is 34.5 Å². The maximum absolute atomic E-state index is 13.5. The van der Waals surface area contributed by atoms with Crippen LogP contribution < -0.4 is 9.80 Å². The summed E-state index contributed by atoms with van der Waals surface area (Å²) in [4.78, 5) is 22.2. The maximum Gasteiger partial charge on any atom is 0.262 e. The quantitative estimate of drug-likeness (QED) is 0.651. The summed E-state index contributed by atoms with van der Waals surface area (Å²) in [5.74, 6) is 0.765. The highest BCUT2D eigenvalue weighted by molar-refractivity contribution is 7.07. The van der Waals surface area contributed by atoms with Crippen molar-refractivity contribution in [2.45, 2.75) is 25.6 Å². The number of para-hydroxylation sites is 1. The largest absolute Gasteiger partial charge is 0.367 e. The van der Waals surface area contributed by atoms with Crippen molar-refractivity contribution in [2.24, 2.45) is 0 Å². The molecular weight excluding hydrogens is 382 g/mol. The van der Waals surface area contributed by atoms with Gasteiger partial charge in [-0.25, -0.2) is 4.98 Å². The molecule has 2 aromatic heterocycles. The van der Waals surface area contributed by atoms with Crippen LogP contribution in [-0.2, 0) is 11.2 Å². The first-order valence-electron chi connectivity index (χ1n) is 9.98. The molecule has 0 bridgehead atoms. The molecule has 2 aliphatic rings. The standard InChI is InChI=1S/C23H23N3O2S/c1-16-13-25(14-21(28-16)18-9-12-29-15-18)22-19(6-4-10-24-22)23(27)26-11-8-17-5-2-3-7-20(17)26/h2-7,9-10,12,15-16,21H,8,11,13-14H2,1H3. The molecule has 3 aromatic rings. The van der Waals surface area contributed by atoms with Crippen molar-refractivity contribution in [1.29, 1.82) is 0 Å². The fraction of sp³-hybridized carbons (Fsp3) is 0.304. The maximum atomic E-state index is 13.5. The zero-order chi connectivity index (χ0) is 19.8. The van der Waals surface area contributed by atoms with E-state index >= 15 is 0 Å². The Morgan fingerprint density at radius 2 is 2.07 bits per heavy atom. The fourth-order valence-electron chi connectivity index (χ4n) is 4.28. The summed E-state index contributed by atoms with van der Waals surface area (Å²) < 4.78 is 6.17. The number of aromatic nitrogens is 1. The molecule has 1 fully saturated rings. The third kappa shape index (κ3) is 3.43. The number of morpholine rings is 1. The molecule has 4 heterocycles. The summed E-state index contributed by atoms with van der Waals surface area (Å²) in [6, 6.07) is 14.0. The highest BCUT2D eigenvalue weighted by Crippen LogP contribution is 2.33. The van der Waals surface area contributed by atoms with E-state index in [2.05, 4.69) is 39.7 Å². The number of nitrogens with zero attached hydrogens (tertiary/aromatic N) is 3. The Morgan fingerprint density at radius 1 is 1.17 bits per heavy atom. The highest BCUT2D eigenvalue weighted by Gasteiger charge is 2.32. The van der Waals surface area contributed by atoms with Gasteiger partial charge in [-0.2, -0.15) is 11.3 Å². The van der Waals surface area contributed by atoms with E-state index in [0.29, 0.717) is 25.2 Å². The summed E-state index contributed by atoms with van der Waals surface area (Å²) >= 11 is 1.67. The number of pyridine rings is 1. The number of carbonyl (C=O) groups is 1. The number of thiophene rings is 1. The third-order valence-corrected chi connectivity index (χ3v) is 6.33. The van der Waals surface area contributed by atoms with E-state index in [4.69, 9.17) is 4.74 Å². The number of fused-ring (bicyclic) bond motifs is 1. The molecule has 0 saturated carbocycles. The average molecular weight is 406 g/mol. The lowest BCUT2D eigenvalue weighted by molar-refractivity contribution is -0.0174. The first-order valence-corrected chi connectivity index (χ1v) is 10.9.